The third-order valence-electron chi connectivity index (χ3n) is 2.95. The number of hydrogen-bond acceptors (Lipinski definition) is 1. The smallest absolute Gasteiger partial charge is 0.125 e. The predicted octanol–water partition coefficient (Wildman–Crippen LogP) is 4.13. The molecule has 0 rings (SSSR count). The van der Waals surface area contributed by atoms with Gasteiger partial charge in [-0.2, -0.15) is 0 Å². The van der Waals surface area contributed by atoms with E-state index in [1.165, 1.54) is 25.7 Å². The fraction of sp³-hybridized carbons (Fsp3) is 0.769. The van der Waals surface area contributed by atoms with Gasteiger partial charge < -0.3 is 4.79 Å². The molecule has 0 saturated carbocycles. The van der Waals surface area contributed by atoms with Crippen LogP contribution in [0, 0.1) is 5.41 Å². The second-order valence-electron chi connectivity index (χ2n) is 4.29. The van der Waals surface area contributed by atoms with E-state index in [-0.39, 0.29) is 5.41 Å². The molecule has 0 aromatic rings. The van der Waals surface area contributed by atoms with Crippen LogP contribution in [-0.4, -0.2) is 6.29 Å². The first-order chi connectivity index (χ1) is 6.68. The molecule has 0 N–H and O–H groups in total. The molecule has 1 heteroatoms. The lowest BCUT2D eigenvalue weighted by molar-refractivity contribution is -0.116. The van der Waals surface area contributed by atoms with E-state index in [1.807, 2.05) is 0 Å². The summed E-state index contributed by atoms with van der Waals surface area (Å²) in [5.41, 5.74) is -0.0689. The molecule has 0 saturated heterocycles. The number of aldehydes is 1. The van der Waals surface area contributed by atoms with Crippen LogP contribution >= 0.6 is 0 Å². The van der Waals surface area contributed by atoms with E-state index in [0.29, 0.717) is 0 Å². The molecule has 0 aliphatic heterocycles. The Morgan fingerprint density at radius 3 is 2.43 bits per heavy atom. The summed E-state index contributed by atoms with van der Waals surface area (Å²) < 4.78 is 0. The van der Waals surface area contributed by atoms with Crippen molar-refractivity contribution in [2.75, 3.05) is 0 Å². The van der Waals surface area contributed by atoms with Crippen LogP contribution in [0.15, 0.2) is 12.2 Å². The summed E-state index contributed by atoms with van der Waals surface area (Å²) >= 11 is 0. The Labute approximate surface area is 88.6 Å². The third-order valence-corrected chi connectivity index (χ3v) is 2.95. The number of carbonyl (C=O) groups excluding carboxylic acids is 1. The lowest BCUT2D eigenvalue weighted by atomic mass is 9.84. The molecule has 1 nitrogen and oxygen atoms in total. The van der Waals surface area contributed by atoms with Gasteiger partial charge in [0.25, 0.3) is 0 Å². The Bertz CT molecular complexity index is 172. The molecule has 0 aliphatic carbocycles. The zero-order chi connectivity index (χ0) is 10.9. The normalized spacial score (nSPS) is 15.6. The standard InChI is InChI=1S/C13H24O/c1-4-6-7-8-9-10-11-13(3,5-2)12-14/h4,6,12H,5,7-11H2,1-3H3/b6-4+. The molecule has 0 spiro atoms. The Morgan fingerprint density at radius 1 is 1.21 bits per heavy atom. The molecule has 0 radical (unpaired) electrons. The highest BCUT2D eigenvalue weighted by molar-refractivity contribution is 5.58. The van der Waals surface area contributed by atoms with Crippen LogP contribution in [0.2, 0.25) is 0 Å². The van der Waals surface area contributed by atoms with Crippen molar-refractivity contribution in [2.24, 2.45) is 5.41 Å². The van der Waals surface area contributed by atoms with Gasteiger partial charge in [-0.15, -0.1) is 0 Å². The van der Waals surface area contributed by atoms with E-state index in [2.05, 4.69) is 32.9 Å². The molecular weight excluding hydrogens is 172 g/mol. The van der Waals surface area contributed by atoms with Gasteiger partial charge in [0.15, 0.2) is 0 Å². The van der Waals surface area contributed by atoms with Gasteiger partial charge in [0.1, 0.15) is 6.29 Å². The summed E-state index contributed by atoms with van der Waals surface area (Å²) in [7, 11) is 0. The number of unbranched alkanes of at least 4 members (excludes halogenated alkanes) is 3. The lowest BCUT2D eigenvalue weighted by Crippen LogP contribution is -2.16. The quantitative estimate of drug-likeness (QED) is 0.324. The predicted molar refractivity (Wildman–Crippen MR) is 62.4 cm³/mol. The maximum atomic E-state index is 10.8. The number of carbonyl (C=O) groups is 1. The van der Waals surface area contributed by atoms with E-state index in [4.69, 9.17) is 0 Å². The van der Waals surface area contributed by atoms with Gasteiger partial charge in [0.05, 0.1) is 0 Å². The highest BCUT2D eigenvalue weighted by atomic mass is 16.1. The van der Waals surface area contributed by atoms with Gasteiger partial charge in [-0.25, -0.2) is 0 Å². The minimum Gasteiger partial charge on any atom is -0.303 e. The summed E-state index contributed by atoms with van der Waals surface area (Å²) in [6.07, 6.45) is 12.3. The summed E-state index contributed by atoms with van der Waals surface area (Å²) in [4.78, 5) is 10.8. The molecule has 1 atom stereocenters. The van der Waals surface area contributed by atoms with Crippen LogP contribution in [0.5, 0.6) is 0 Å². The van der Waals surface area contributed by atoms with E-state index in [1.54, 1.807) is 0 Å². The van der Waals surface area contributed by atoms with Gasteiger partial charge in [-0.3, -0.25) is 0 Å². The maximum absolute atomic E-state index is 10.8. The summed E-state index contributed by atoms with van der Waals surface area (Å²) in [5.74, 6) is 0. The molecular formula is C13H24O. The maximum Gasteiger partial charge on any atom is 0.125 e. The van der Waals surface area contributed by atoms with Crippen LogP contribution in [0.25, 0.3) is 0 Å². The van der Waals surface area contributed by atoms with Crippen molar-refractivity contribution >= 4 is 6.29 Å². The van der Waals surface area contributed by atoms with Crippen molar-refractivity contribution < 1.29 is 4.79 Å². The number of rotatable bonds is 8. The zero-order valence-electron chi connectivity index (χ0n) is 9.88. The van der Waals surface area contributed by atoms with E-state index in [9.17, 15) is 4.79 Å². The second-order valence-corrected chi connectivity index (χ2v) is 4.29. The Balaban J connectivity index is 3.47. The average Bonchev–Trinajstić information content (AvgIpc) is 2.23. The molecule has 0 bridgehead atoms. The second kappa shape index (κ2) is 7.78. The van der Waals surface area contributed by atoms with Gasteiger partial charge >= 0.3 is 0 Å². The van der Waals surface area contributed by atoms with Gasteiger partial charge in [0, 0.05) is 5.41 Å². The van der Waals surface area contributed by atoms with Gasteiger partial charge in [-0.1, -0.05) is 38.8 Å². The molecule has 14 heavy (non-hydrogen) atoms. The Hall–Kier alpha value is -0.590. The Kier molecular flexibility index (Phi) is 7.45. The summed E-state index contributed by atoms with van der Waals surface area (Å²) in [5, 5.41) is 0. The fourth-order valence-electron chi connectivity index (χ4n) is 1.45. The largest absolute Gasteiger partial charge is 0.303 e. The minimum absolute atomic E-state index is 0.0689. The minimum atomic E-state index is -0.0689. The lowest BCUT2D eigenvalue weighted by Gasteiger charge is -2.20. The van der Waals surface area contributed by atoms with Crippen molar-refractivity contribution in [3.63, 3.8) is 0 Å². The first-order valence-electron chi connectivity index (χ1n) is 5.76. The van der Waals surface area contributed by atoms with Gasteiger partial charge in [0.2, 0.25) is 0 Å². The molecule has 0 aromatic heterocycles. The molecule has 0 aromatic carbocycles. The Morgan fingerprint density at radius 2 is 1.93 bits per heavy atom. The van der Waals surface area contributed by atoms with Crippen molar-refractivity contribution in [1.29, 1.82) is 0 Å². The van der Waals surface area contributed by atoms with Crippen LogP contribution in [0.4, 0.5) is 0 Å². The number of allylic oxidation sites excluding steroid dienone is 2. The van der Waals surface area contributed by atoms with E-state index >= 15 is 0 Å². The van der Waals surface area contributed by atoms with Crippen molar-refractivity contribution in [2.45, 2.75) is 59.3 Å². The molecule has 1 unspecified atom stereocenters. The first-order valence-corrected chi connectivity index (χ1v) is 5.76. The van der Waals surface area contributed by atoms with Crippen molar-refractivity contribution in [1.82, 2.24) is 0 Å². The van der Waals surface area contributed by atoms with E-state index < -0.39 is 0 Å². The van der Waals surface area contributed by atoms with Crippen LogP contribution in [-0.2, 0) is 4.79 Å². The number of hydrogen-bond donors (Lipinski definition) is 0. The van der Waals surface area contributed by atoms with Crippen molar-refractivity contribution in [3.05, 3.63) is 12.2 Å². The zero-order valence-corrected chi connectivity index (χ0v) is 9.88. The van der Waals surface area contributed by atoms with Gasteiger partial charge in [-0.05, 0) is 32.6 Å². The third kappa shape index (κ3) is 5.95. The fourth-order valence-corrected chi connectivity index (χ4v) is 1.45. The van der Waals surface area contributed by atoms with Crippen LogP contribution < -0.4 is 0 Å². The summed E-state index contributed by atoms with van der Waals surface area (Å²) in [6.45, 7) is 6.21. The topological polar surface area (TPSA) is 17.1 Å². The van der Waals surface area contributed by atoms with Crippen molar-refractivity contribution in [3.8, 4) is 0 Å². The highest BCUT2D eigenvalue weighted by Gasteiger charge is 2.19. The van der Waals surface area contributed by atoms with E-state index in [0.717, 1.165) is 19.1 Å². The molecule has 0 amide bonds. The SMILES string of the molecule is C/C=C/CCCCCC(C)(C=O)CC. The highest BCUT2D eigenvalue weighted by Crippen LogP contribution is 2.25. The monoisotopic (exact) mass is 196 g/mol. The van der Waals surface area contributed by atoms with Crippen LogP contribution in [0.3, 0.4) is 0 Å². The summed E-state index contributed by atoms with van der Waals surface area (Å²) in [6, 6.07) is 0. The molecule has 82 valence electrons. The van der Waals surface area contributed by atoms with Crippen LogP contribution in [0.1, 0.15) is 59.3 Å². The molecule has 0 aliphatic rings. The first kappa shape index (κ1) is 13.4. The molecule has 0 fully saturated rings. The molecule has 0 heterocycles. The average molecular weight is 196 g/mol.